The Morgan fingerprint density at radius 1 is 0.970 bits per heavy atom. The zero-order valence-corrected chi connectivity index (χ0v) is 19.2. The maximum Gasteiger partial charge on any atom is 0.277 e. The molecule has 1 aromatic carbocycles. The van der Waals surface area contributed by atoms with Crippen molar-refractivity contribution < 1.29 is 44.8 Å². The van der Waals surface area contributed by atoms with Crippen LogP contribution >= 0.6 is 0 Å². The Morgan fingerprint density at radius 2 is 1.55 bits per heavy atom. The molecule has 0 radical (unpaired) electrons. The second kappa shape index (κ2) is 13.2. The first kappa shape index (κ1) is 28.4. The third kappa shape index (κ3) is 7.45. The van der Waals surface area contributed by atoms with Crippen molar-refractivity contribution in [3.05, 3.63) is 27.8 Å². The summed E-state index contributed by atoms with van der Waals surface area (Å²) < 4.78 is 4.89. The van der Waals surface area contributed by atoms with Crippen LogP contribution in [0.3, 0.4) is 0 Å². The number of ether oxygens (including phenoxy) is 1. The molecule has 0 aliphatic rings. The van der Waals surface area contributed by atoms with Crippen molar-refractivity contribution in [3.63, 3.8) is 0 Å². The van der Waals surface area contributed by atoms with Crippen molar-refractivity contribution in [1.82, 2.24) is 10.4 Å². The first-order chi connectivity index (χ1) is 15.5. The summed E-state index contributed by atoms with van der Waals surface area (Å²) in [6.45, 7) is 2.66. The molecule has 7 N–H and O–H groups in total. The fourth-order valence-electron chi connectivity index (χ4n) is 3.30. The highest BCUT2D eigenvalue weighted by Crippen LogP contribution is 2.32. The Morgan fingerprint density at radius 3 is 2.09 bits per heavy atom. The Kier molecular flexibility index (Phi) is 11.4. The Hall–Kier alpha value is -2.61. The molecule has 0 spiro atoms. The molecule has 12 heteroatoms. The number of methoxy groups -OCH3 is 1. The average molecular weight is 472 g/mol. The van der Waals surface area contributed by atoms with Gasteiger partial charge in [0.1, 0.15) is 0 Å². The van der Waals surface area contributed by atoms with Gasteiger partial charge < -0.3 is 35.8 Å². The zero-order chi connectivity index (χ0) is 25.3. The normalized spacial score (nSPS) is 12.8. The largest absolute Gasteiger partial charge is 0.394 e. The SMILES string of the molecule is COCCC(=O)Nc1c(C)c(C(=O)NCC(O)CO)c(C)c(C(=O)N(O)CC(O)CO)c1C. The van der Waals surface area contributed by atoms with Gasteiger partial charge in [0.15, 0.2) is 0 Å². The number of hydrogen-bond acceptors (Lipinski definition) is 9. The third-order valence-corrected chi connectivity index (χ3v) is 5.03. The number of amides is 3. The summed E-state index contributed by atoms with van der Waals surface area (Å²) in [6.07, 6.45) is -2.56. The summed E-state index contributed by atoms with van der Waals surface area (Å²) in [7, 11) is 1.44. The molecule has 0 saturated heterocycles. The number of rotatable bonds is 12. The van der Waals surface area contributed by atoms with Crippen LogP contribution in [-0.4, -0.2) is 101 Å². The van der Waals surface area contributed by atoms with Gasteiger partial charge in [-0.3, -0.25) is 19.6 Å². The maximum absolute atomic E-state index is 13.0. The van der Waals surface area contributed by atoms with Gasteiger partial charge in [0, 0.05) is 24.9 Å². The minimum atomic E-state index is -1.39. The molecule has 2 atom stereocenters. The molecule has 186 valence electrons. The van der Waals surface area contributed by atoms with Crippen LogP contribution in [0.2, 0.25) is 0 Å². The van der Waals surface area contributed by atoms with Gasteiger partial charge in [-0.25, -0.2) is 5.06 Å². The number of nitrogens with one attached hydrogen (secondary N) is 2. The molecule has 0 fully saturated rings. The highest BCUT2D eigenvalue weighted by Gasteiger charge is 2.29. The molecule has 1 rings (SSSR count). The molecule has 0 aliphatic heterocycles. The fourth-order valence-corrected chi connectivity index (χ4v) is 3.30. The second-order valence-corrected chi connectivity index (χ2v) is 7.56. The van der Waals surface area contributed by atoms with Gasteiger partial charge in [-0.05, 0) is 37.5 Å². The summed E-state index contributed by atoms with van der Waals surface area (Å²) in [5.41, 5.74) is 0.969. The lowest BCUT2D eigenvalue weighted by Gasteiger charge is -2.25. The molecule has 1 aromatic rings. The number of hydroxylamine groups is 2. The van der Waals surface area contributed by atoms with E-state index in [0.717, 1.165) is 0 Å². The lowest BCUT2D eigenvalue weighted by Crippen LogP contribution is -2.38. The molecule has 0 saturated carbocycles. The summed E-state index contributed by atoms with van der Waals surface area (Å²) in [4.78, 5) is 38.2. The van der Waals surface area contributed by atoms with Gasteiger partial charge >= 0.3 is 0 Å². The van der Waals surface area contributed by atoms with Gasteiger partial charge in [-0.1, -0.05) is 0 Å². The highest BCUT2D eigenvalue weighted by molar-refractivity contribution is 6.07. The quantitative estimate of drug-likeness (QED) is 0.146. The number of carbonyl (C=O) groups excluding carboxylic acids is 3. The van der Waals surface area contributed by atoms with Gasteiger partial charge in [0.25, 0.3) is 11.8 Å². The van der Waals surface area contributed by atoms with Gasteiger partial charge in [-0.15, -0.1) is 0 Å². The Labute approximate surface area is 191 Å². The molecule has 12 nitrogen and oxygen atoms in total. The van der Waals surface area contributed by atoms with E-state index in [2.05, 4.69) is 10.6 Å². The molecular weight excluding hydrogens is 438 g/mol. The van der Waals surface area contributed by atoms with E-state index < -0.39 is 49.7 Å². The van der Waals surface area contributed by atoms with E-state index in [9.17, 15) is 29.8 Å². The number of aliphatic hydroxyl groups excluding tert-OH is 4. The van der Waals surface area contributed by atoms with Gasteiger partial charge in [0.05, 0.1) is 50.6 Å². The lowest BCUT2D eigenvalue weighted by molar-refractivity contribution is -0.117. The molecule has 3 amide bonds. The van der Waals surface area contributed by atoms with E-state index in [4.69, 9.17) is 14.9 Å². The second-order valence-electron chi connectivity index (χ2n) is 7.56. The van der Waals surface area contributed by atoms with Crippen LogP contribution in [0.4, 0.5) is 5.69 Å². The van der Waals surface area contributed by atoms with Gasteiger partial charge in [0.2, 0.25) is 5.91 Å². The standard InChI is InChI=1S/C21H33N3O9/c1-11-17(20(30)22-7-14(27)9-25)12(2)19(23-16(29)5-6-33-4)13(3)18(11)21(31)24(32)8-15(28)10-26/h14-15,25-28,32H,5-10H2,1-4H3,(H,22,30)(H,23,29). The molecular formula is C21H33N3O9. The van der Waals surface area contributed by atoms with E-state index >= 15 is 0 Å². The van der Waals surface area contributed by atoms with Crippen LogP contribution in [0.15, 0.2) is 0 Å². The molecule has 2 unspecified atom stereocenters. The first-order valence-electron chi connectivity index (χ1n) is 10.3. The number of carbonyl (C=O) groups is 3. The van der Waals surface area contributed by atoms with Gasteiger partial charge in [-0.2, -0.15) is 0 Å². The number of benzene rings is 1. The third-order valence-electron chi connectivity index (χ3n) is 5.03. The Bertz CT molecular complexity index is 860. The number of aliphatic hydroxyl groups is 4. The van der Waals surface area contributed by atoms with Crippen LogP contribution in [0.5, 0.6) is 0 Å². The van der Waals surface area contributed by atoms with Crippen molar-refractivity contribution in [2.24, 2.45) is 0 Å². The molecule has 0 heterocycles. The number of nitrogens with zero attached hydrogens (tertiary/aromatic N) is 1. The first-order valence-corrected chi connectivity index (χ1v) is 10.3. The smallest absolute Gasteiger partial charge is 0.277 e. The molecule has 0 aromatic heterocycles. The van der Waals surface area contributed by atoms with Crippen LogP contribution in [0, 0.1) is 20.8 Å². The van der Waals surface area contributed by atoms with Crippen molar-refractivity contribution in [3.8, 4) is 0 Å². The molecule has 0 aliphatic carbocycles. The van der Waals surface area contributed by atoms with Crippen molar-refractivity contribution in [2.75, 3.05) is 45.3 Å². The molecule has 0 bridgehead atoms. The topological polar surface area (TPSA) is 189 Å². The van der Waals surface area contributed by atoms with E-state index in [1.807, 2.05) is 0 Å². The minimum Gasteiger partial charge on any atom is -0.394 e. The van der Waals surface area contributed by atoms with Crippen LogP contribution in [-0.2, 0) is 9.53 Å². The van der Waals surface area contributed by atoms with E-state index in [1.165, 1.54) is 21.0 Å². The van der Waals surface area contributed by atoms with Crippen LogP contribution in [0.1, 0.15) is 43.8 Å². The summed E-state index contributed by atoms with van der Waals surface area (Å²) in [5, 5.41) is 52.6. The average Bonchev–Trinajstić information content (AvgIpc) is 2.78. The number of anilines is 1. The van der Waals surface area contributed by atoms with Crippen molar-refractivity contribution >= 4 is 23.4 Å². The van der Waals surface area contributed by atoms with E-state index in [-0.39, 0.29) is 52.6 Å². The van der Waals surface area contributed by atoms with Crippen molar-refractivity contribution in [2.45, 2.75) is 39.4 Å². The van der Waals surface area contributed by atoms with Crippen LogP contribution in [0.25, 0.3) is 0 Å². The molecule has 33 heavy (non-hydrogen) atoms. The minimum absolute atomic E-state index is 0.0194. The summed E-state index contributed by atoms with van der Waals surface area (Å²) >= 11 is 0. The monoisotopic (exact) mass is 471 g/mol. The number of hydrogen-bond donors (Lipinski definition) is 7. The predicted octanol–water partition coefficient (Wildman–Crippen LogP) is -1.15. The maximum atomic E-state index is 13.0. The van der Waals surface area contributed by atoms with Crippen molar-refractivity contribution in [1.29, 1.82) is 0 Å². The van der Waals surface area contributed by atoms with E-state index in [1.54, 1.807) is 6.92 Å². The van der Waals surface area contributed by atoms with E-state index in [0.29, 0.717) is 5.56 Å². The summed E-state index contributed by atoms with van der Waals surface area (Å²) in [5.74, 6) is -2.04. The fraction of sp³-hybridized carbons (Fsp3) is 0.571. The Balaban J connectivity index is 3.55. The zero-order valence-electron chi connectivity index (χ0n) is 19.2. The highest BCUT2D eigenvalue weighted by atomic mass is 16.5. The lowest BCUT2D eigenvalue weighted by atomic mass is 9.90. The summed E-state index contributed by atoms with van der Waals surface area (Å²) in [6, 6.07) is 0. The van der Waals surface area contributed by atoms with Crippen LogP contribution < -0.4 is 10.6 Å². The predicted molar refractivity (Wildman–Crippen MR) is 117 cm³/mol.